The fourth-order valence-corrected chi connectivity index (χ4v) is 1.75. The van der Waals surface area contributed by atoms with Gasteiger partial charge in [0, 0.05) is 6.54 Å². The van der Waals surface area contributed by atoms with Crippen molar-refractivity contribution in [3.05, 3.63) is 23.8 Å². The van der Waals surface area contributed by atoms with Gasteiger partial charge in [-0.2, -0.15) is 0 Å². The second-order valence-corrected chi connectivity index (χ2v) is 4.43. The number of anilines is 1. The van der Waals surface area contributed by atoms with Crippen molar-refractivity contribution in [1.29, 1.82) is 0 Å². The number of carbonyl (C=O) groups excluding carboxylic acids is 1. The summed E-state index contributed by atoms with van der Waals surface area (Å²) in [7, 11) is 0. The highest BCUT2D eigenvalue weighted by atomic mass is 16.3. The molecule has 86 valence electrons. The summed E-state index contributed by atoms with van der Waals surface area (Å²) in [4.78, 5) is 11.7. The summed E-state index contributed by atoms with van der Waals surface area (Å²) in [6, 6.07) is 4.79. The lowest BCUT2D eigenvalue weighted by Gasteiger charge is -2.07. The first-order valence-electron chi connectivity index (χ1n) is 5.45. The second-order valence-electron chi connectivity index (χ2n) is 4.43. The van der Waals surface area contributed by atoms with Crippen molar-refractivity contribution in [1.82, 2.24) is 5.32 Å². The minimum atomic E-state index is -0.260. The maximum atomic E-state index is 11.7. The highest BCUT2D eigenvalue weighted by Crippen LogP contribution is 2.36. The van der Waals surface area contributed by atoms with Crippen LogP contribution in [-0.2, 0) is 0 Å². The van der Waals surface area contributed by atoms with Crippen LogP contribution in [0.4, 0.5) is 5.69 Å². The molecular weight excluding hydrogens is 204 g/mol. The van der Waals surface area contributed by atoms with Crippen LogP contribution in [0.3, 0.4) is 0 Å². The number of aromatic hydroxyl groups is 1. The van der Waals surface area contributed by atoms with Crippen LogP contribution >= 0.6 is 0 Å². The lowest BCUT2D eigenvalue weighted by Crippen LogP contribution is -2.26. The van der Waals surface area contributed by atoms with Crippen LogP contribution in [0.15, 0.2) is 18.2 Å². The Morgan fingerprint density at radius 2 is 2.31 bits per heavy atom. The summed E-state index contributed by atoms with van der Waals surface area (Å²) < 4.78 is 0. The van der Waals surface area contributed by atoms with Gasteiger partial charge in [0.1, 0.15) is 0 Å². The molecule has 0 spiro atoms. The van der Waals surface area contributed by atoms with Crippen molar-refractivity contribution in [2.75, 3.05) is 12.3 Å². The molecule has 0 bridgehead atoms. The van der Waals surface area contributed by atoms with Gasteiger partial charge >= 0.3 is 0 Å². The number of hydrogen-bond donors (Lipinski definition) is 3. The molecular formula is C12H16N2O2. The molecule has 4 heteroatoms. The van der Waals surface area contributed by atoms with E-state index >= 15 is 0 Å². The number of nitrogen functional groups attached to an aromatic ring is 1. The van der Waals surface area contributed by atoms with Crippen LogP contribution in [0.5, 0.6) is 5.75 Å². The number of hydrogen-bond acceptors (Lipinski definition) is 3. The Labute approximate surface area is 94.5 Å². The van der Waals surface area contributed by atoms with Gasteiger partial charge in [0.05, 0.1) is 11.3 Å². The van der Waals surface area contributed by atoms with Crippen molar-refractivity contribution in [3.63, 3.8) is 0 Å². The van der Waals surface area contributed by atoms with Crippen LogP contribution in [0.25, 0.3) is 0 Å². The normalized spacial score (nSPS) is 22.8. The Morgan fingerprint density at radius 3 is 2.94 bits per heavy atom. The third-order valence-corrected chi connectivity index (χ3v) is 3.11. The van der Waals surface area contributed by atoms with E-state index in [2.05, 4.69) is 12.2 Å². The number of amides is 1. The Balaban J connectivity index is 2.00. The Morgan fingerprint density at radius 1 is 1.62 bits per heavy atom. The highest BCUT2D eigenvalue weighted by Gasteiger charge is 2.32. The molecule has 1 fully saturated rings. The highest BCUT2D eigenvalue weighted by molar-refractivity contribution is 5.98. The van der Waals surface area contributed by atoms with Gasteiger partial charge in [-0.05, 0) is 30.4 Å². The molecule has 16 heavy (non-hydrogen) atoms. The summed E-state index contributed by atoms with van der Waals surface area (Å²) in [6.45, 7) is 2.84. The largest absolute Gasteiger partial charge is 0.505 e. The van der Waals surface area contributed by atoms with Crippen LogP contribution in [0.1, 0.15) is 23.7 Å². The molecule has 2 unspecified atom stereocenters. The van der Waals surface area contributed by atoms with Crippen LogP contribution in [0, 0.1) is 11.8 Å². The molecule has 1 aliphatic rings. The molecule has 0 saturated heterocycles. The first kappa shape index (κ1) is 10.8. The molecule has 1 aromatic rings. The molecule has 0 aromatic heterocycles. The van der Waals surface area contributed by atoms with E-state index in [-0.39, 0.29) is 22.9 Å². The average Bonchev–Trinajstić information content (AvgIpc) is 2.95. The van der Waals surface area contributed by atoms with E-state index in [0.29, 0.717) is 18.4 Å². The van der Waals surface area contributed by atoms with Crippen molar-refractivity contribution in [3.8, 4) is 5.75 Å². The number of rotatable bonds is 3. The predicted octanol–water partition coefficient (Wildman–Crippen LogP) is 1.36. The van der Waals surface area contributed by atoms with Gasteiger partial charge in [-0.1, -0.05) is 13.0 Å². The minimum Gasteiger partial charge on any atom is -0.505 e. The number of carbonyl (C=O) groups is 1. The SMILES string of the molecule is CC1CC1CNC(=O)c1cccc(N)c1O. The molecule has 4 nitrogen and oxygen atoms in total. The number of nitrogens with two attached hydrogens (primary N) is 1. The Bertz CT molecular complexity index is 417. The first-order chi connectivity index (χ1) is 7.59. The summed E-state index contributed by atoms with van der Waals surface area (Å²) in [5.41, 5.74) is 5.99. The van der Waals surface area contributed by atoms with Gasteiger partial charge in [-0.15, -0.1) is 0 Å². The molecule has 1 amide bonds. The zero-order chi connectivity index (χ0) is 11.7. The molecule has 4 N–H and O–H groups in total. The van der Waals surface area contributed by atoms with E-state index in [0.717, 1.165) is 0 Å². The maximum Gasteiger partial charge on any atom is 0.255 e. The summed E-state index contributed by atoms with van der Waals surface area (Å²) in [5.74, 6) is 0.898. The fourth-order valence-electron chi connectivity index (χ4n) is 1.75. The number of para-hydroxylation sites is 1. The lowest BCUT2D eigenvalue weighted by atomic mass is 10.1. The fraction of sp³-hybridized carbons (Fsp3) is 0.417. The van der Waals surface area contributed by atoms with Gasteiger partial charge in [0.25, 0.3) is 5.91 Å². The lowest BCUT2D eigenvalue weighted by molar-refractivity contribution is 0.0949. The van der Waals surface area contributed by atoms with Crippen LogP contribution in [0.2, 0.25) is 0 Å². The summed E-state index contributed by atoms with van der Waals surface area (Å²) in [5, 5.41) is 12.4. The van der Waals surface area contributed by atoms with E-state index in [1.54, 1.807) is 18.2 Å². The third kappa shape index (κ3) is 2.10. The van der Waals surface area contributed by atoms with E-state index in [4.69, 9.17) is 5.73 Å². The standard InChI is InChI=1S/C12H16N2O2/c1-7-5-8(7)6-14-12(16)9-3-2-4-10(13)11(9)15/h2-4,7-8,15H,5-6,13H2,1H3,(H,14,16). The van der Waals surface area contributed by atoms with Crippen molar-refractivity contribution in [2.24, 2.45) is 11.8 Å². The van der Waals surface area contributed by atoms with Crippen LogP contribution < -0.4 is 11.1 Å². The van der Waals surface area contributed by atoms with Crippen LogP contribution in [-0.4, -0.2) is 17.6 Å². The van der Waals surface area contributed by atoms with Gasteiger partial charge in [0.15, 0.2) is 5.75 Å². The first-order valence-corrected chi connectivity index (χ1v) is 5.45. The Kier molecular flexibility index (Phi) is 2.73. The predicted molar refractivity (Wildman–Crippen MR) is 62.1 cm³/mol. The van der Waals surface area contributed by atoms with Crippen molar-refractivity contribution < 1.29 is 9.90 Å². The molecule has 1 aliphatic carbocycles. The number of phenolic OH excluding ortho intramolecular Hbond substituents is 1. The third-order valence-electron chi connectivity index (χ3n) is 3.11. The molecule has 2 rings (SSSR count). The minimum absolute atomic E-state index is 0.135. The van der Waals surface area contributed by atoms with Gasteiger partial charge in [-0.3, -0.25) is 4.79 Å². The molecule has 0 radical (unpaired) electrons. The Hall–Kier alpha value is -1.71. The van der Waals surface area contributed by atoms with Crippen molar-refractivity contribution in [2.45, 2.75) is 13.3 Å². The molecule has 1 aromatic carbocycles. The summed E-state index contributed by atoms with van der Waals surface area (Å²) >= 11 is 0. The molecule has 1 saturated carbocycles. The maximum absolute atomic E-state index is 11.7. The van der Waals surface area contributed by atoms with E-state index < -0.39 is 0 Å². The average molecular weight is 220 g/mol. The van der Waals surface area contributed by atoms with Gasteiger partial charge in [-0.25, -0.2) is 0 Å². The smallest absolute Gasteiger partial charge is 0.255 e. The topological polar surface area (TPSA) is 75.4 Å². The zero-order valence-electron chi connectivity index (χ0n) is 9.23. The van der Waals surface area contributed by atoms with Crippen molar-refractivity contribution >= 4 is 11.6 Å². The van der Waals surface area contributed by atoms with E-state index in [1.807, 2.05) is 0 Å². The number of benzene rings is 1. The quantitative estimate of drug-likeness (QED) is 0.532. The summed E-state index contributed by atoms with van der Waals surface area (Å²) in [6.07, 6.45) is 1.17. The second kappa shape index (κ2) is 4.04. The molecule has 0 aliphatic heterocycles. The van der Waals surface area contributed by atoms with Gasteiger partial charge < -0.3 is 16.2 Å². The molecule has 2 atom stereocenters. The van der Waals surface area contributed by atoms with E-state index in [1.165, 1.54) is 6.42 Å². The molecule has 0 heterocycles. The number of phenols is 1. The van der Waals surface area contributed by atoms with Gasteiger partial charge in [0.2, 0.25) is 0 Å². The number of nitrogens with one attached hydrogen (secondary N) is 1. The zero-order valence-corrected chi connectivity index (χ0v) is 9.23. The monoisotopic (exact) mass is 220 g/mol. The van der Waals surface area contributed by atoms with E-state index in [9.17, 15) is 9.90 Å².